The number of ether oxygens (including phenoxy) is 1. The Balaban J connectivity index is 1.26. The van der Waals surface area contributed by atoms with Gasteiger partial charge in [0.2, 0.25) is 5.95 Å². The Morgan fingerprint density at radius 2 is 2.03 bits per heavy atom. The van der Waals surface area contributed by atoms with E-state index in [2.05, 4.69) is 25.4 Å². The summed E-state index contributed by atoms with van der Waals surface area (Å²) in [6.07, 6.45) is 13.2. The third kappa shape index (κ3) is 3.65. The van der Waals surface area contributed by atoms with Crippen LogP contribution in [0.5, 0.6) is 11.5 Å². The molecule has 2 fully saturated rings. The topological polar surface area (TPSA) is 124 Å². The Labute approximate surface area is 215 Å². The molecule has 0 spiro atoms. The standard InChI is InChI=1S/C25H23ClN8O3/c1-32-22-21(26)20(37-19-11-29-34-7-6-27-9-17(19)34)10-28-23(22)31-25(32)30-15-8-14(13-2-3-13)12-33(24(15)36)16-4-5-18(16)35/h6-13,16,18,35H,2-5H2,1H3,(H,28,30,31)/t16?,18-/m0/s1. The summed E-state index contributed by atoms with van der Waals surface area (Å²) in [5, 5.41) is 18.0. The summed E-state index contributed by atoms with van der Waals surface area (Å²) in [6.45, 7) is 0. The van der Waals surface area contributed by atoms with E-state index in [1.165, 1.54) is 6.20 Å². The first-order chi connectivity index (χ1) is 18.0. The number of halogens is 1. The lowest BCUT2D eigenvalue weighted by atomic mass is 9.88. The average molecular weight is 519 g/mol. The van der Waals surface area contributed by atoms with Gasteiger partial charge in [0, 0.05) is 25.6 Å². The van der Waals surface area contributed by atoms with Crippen molar-refractivity contribution in [3.05, 3.63) is 64.2 Å². The Kier molecular flexibility index (Phi) is 4.98. The minimum absolute atomic E-state index is 0.190. The predicted octanol–water partition coefficient (Wildman–Crippen LogP) is 3.94. The van der Waals surface area contributed by atoms with Gasteiger partial charge in [-0.15, -0.1) is 0 Å². The summed E-state index contributed by atoms with van der Waals surface area (Å²) in [4.78, 5) is 26.5. The molecule has 0 amide bonds. The summed E-state index contributed by atoms with van der Waals surface area (Å²) in [7, 11) is 1.80. The number of fused-ring (bicyclic) bond motifs is 2. The molecule has 1 unspecified atom stereocenters. The third-order valence-electron chi connectivity index (χ3n) is 7.23. The summed E-state index contributed by atoms with van der Waals surface area (Å²) in [5.74, 6) is 1.70. The van der Waals surface area contributed by atoms with Crippen LogP contribution in [-0.4, -0.2) is 44.9 Å². The van der Waals surface area contributed by atoms with Gasteiger partial charge in [-0.05, 0) is 43.2 Å². The zero-order chi connectivity index (χ0) is 25.3. The Morgan fingerprint density at radius 3 is 2.78 bits per heavy atom. The molecule has 2 atom stereocenters. The number of nitrogens with zero attached hydrogens (tertiary/aromatic N) is 7. The van der Waals surface area contributed by atoms with Gasteiger partial charge in [0.15, 0.2) is 17.1 Å². The van der Waals surface area contributed by atoms with E-state index in [1.807, 2.05) is 12.3 Å². The van der Waals surface area contributed by atoms with Crippen molar-refractivity contribution in [3.8, 4) is 11.5 Å². The second-order valence-corrected chi connectivity index (χ2v) is 10.0. The van der Waals surface area contributed by atoms with Crippen molar-refractivity contribution in [3.63, 3.8) is 0 Å². The number of nitrogens with one attached hydrogen (secondary N) is 1. The van der Waals surface area contributed by atoms with Crippen LogP contribution in [0.3, 0.4) is 0 Å². The number of rotatable bonds is 6. The van der Waals surface area contributed by atoms with Gasteiger partial charge >= 0.3 is 0 Å². The molecule has 2 aliphatic carbocycles. The lowest BCUT2D eigenvalue weighted by Gasteiger charge is -2.34. The number of aromatic nitrogens is 7. The second kappa shape index (κ2) is 8.29. The number of pyridine rings is 2. The van der Waals surface area contributed by atoms with Gasteiger partial charge in [0.1, 0.15) is 21.7 Å². The molecule has 0 saturated heterocycles. The van der Waals surface area contributed by atoms with Crippen LogP contribution in [0.25, 0.3) is 16.7 Å². The van der Waals surface area contributed by atoms with E-state index in [-0.39, 0.29) is 11.6 Å². The van der Waals surface area contributed by atoms with Crippen molar-refractivity contribution in [2.45, 2.75) is 43.7 Å². The van der Waals surface area contributed by atoms with Crippen molar-refractivity contribution >= 4 is 39.9 Å². The average Bonchev–Trinajstić information content (AvgIpc) is 3.59. The van der Waals surface area contributed by atoms with Crippen molar-refractivity contribution in [2.75, 3.05) is 5.32 Å². The van der Waals surface area contributed by atoms with Gasteiger partial charge in [0.25, 0.3) is 5.56 Å². The van der Waals surface area contributed by atoms with E-state index in [1.54, 1.807) is 45.5 Å². The number of aryl methyl sites for hydroxylation is 1. The van der Waals surface area contributed by atoms with Gasteiger partial charge in [-0.3, -0.25) is 9.78 Å². The van der Waals surface area contributed by atoms with Crippen LogP contribution in [0.2, 0.25) is 5.02 Å². The lowest BCUT2D eigenvalue weighted by Crippen LogP contribution is -2.39. The molecule has 12 heteroatoms. The molecular weight excluding hydrogens is 496 g/mol. The molecule has 2 saturated carbocycles. The van der Waals surface area contributed by atoms with Crippen LogP contribution in [0, 0.1) is 0 Å². The summed E-state index contributed by atoms with van der Waals surface area (Å²) < 4.78 is 11.1. The summed E-state index contributed by atoms with van der Waals surface area (Å²) >= 11 is 6.76. The highest BCUT2D eigenvalue weighted by atomic mass is 35.5. The maximum atomic E-state index is 13.4. The Morgan fingerprint density at radius 1 is 1.16 bits per heavy atom. The van der Waals surface area contributed by atoms with Crippen LogP contribution in [-0.2, 0) is 7.05 Å². The smallest absolute Gasteiger partial charge is 0.274 e. The lowest BCUT2D eigenvalue weighted by molar-refractivity contribution is 0.0299. The molecule has 7 rings (SSSR count). The minimum atomic E-state index is -0.499. The Hall–Kier alpha value is -3.96. The first-order valence-electron chi connectivity index (χ1n) is 12.1. The van der Waals surface area contributed by atoms with Gasteiger partial charge < -0.3 is 24.3 Å². The van der Waals surface area contributed by atoms with Gasteiger partial charge in [-0.25, -0.2) is 9.50 Å². The highest BCUT2D eigenvalue weighted by Gasteiger charge is 2.33. The summed E-state index contributed by atoms with van der Waals surface area (Å²) in [5.41, 5.74) is 2.98. The van der Waals surface area contributed by atoms with Crippen molar-refractivity contribution < 1.29 is 9.84 Å². The molecule has 2 N–H and O–H groups in total. The van der Waals surface area contributed by atoms with Gasteiger partial charge in [-0.1, -0.05) is 11.6 Å². The molecule has 0 radical (unpaired) electrons. The number of aliphatic hydroxyl groups is 1. The van der Waals surface area contributed by atoms with Gasteiger partial charge in [0.05, 0.1) is 30.7 Å². The van der Waals surface area contributed by atoms with E-state index < -0.39 is 6.10 Å². The molecule has 5 heterocycles. The highest BCUT2D eigenvalue weighted by Crippen LogP contribution is 2.42. The molecule has 37 heavy (non-hydrogen) atoms. The van der Waals surface area contributed by atoms with Crippen molar-refractivity contribution in [1.29, 1.82) is 0 Å². The SMILES string of the molecule is Cn1c(Nc2cc(C3CC3)cn(C3CC[C@@H]3O)c2=O)nc2ncc(Oc3cnn4ccncc34)c(Cl)c21. The fourth-order valence-electron chi connectivity index (χ4n) is 4.82. The fourth-order valence-corrected chi connectivity index (χ4v) is 5.11. The quantitative estimate of drug-likeness (QED) is 0.346. The van der Waals surface area contributed by atoms with Crippen LogP contribution in [0.15, 0.2) is 48.0 Å². The normalized spacial score (nSPS) is 19.3. The van der Waals surface area contributed by atoms with Crippen LogP contribution < -0.4 is 15.6 Å². The number of hydrogen-bond acceptors (Lipinski definition) is 8. The van der Waals surface area contributed by atoms with Crippen molar-refractivity contribution in [1.82, 2.24) is 33.7 Å². The predicted molar refractivity (Wildman–Crippen MR) is 137 cm³/mol. The van der Waals surface area contributed by atoms with Crippen LogP contribution >= 0.6 is 11.6 Å². The Bertz CT molecular complexity index is 1740. The molecule has 0 aromatic carbocycles. The molecule has 2 aliphatic rings. The minimum Gasteiger partial charge on any atom is -0.450 e. The number of imidazole rings is 1. The van der Waals surface area contributed by atoms with Gasteiger partial charge in [-0.2, -0.15) is 10.1 Å². The molecule has 0 aliphatic heterocycles. The molecule has 188 valence electrons. The number of hydrogen-bond donors (Lipinski definition) is 2. The maximum absolute atomic E-state index is 13.4. The second-order valence-electron chi connectivity index (χ2n) is 9.63. The van der Waals surface area contributed by atoms with E-state index >= 15 is 0 Å². The van der Waals surface area contributed by atoms with Crippen molar-refractivity contribution in [2.24, 2.45) is 7.05 Å². The highest BCUT2D eigenvalue weighted by molar-refractivity contribution is 6.36. The van der Waals surface area contributed by atoms with E-state index in [9.17, 15) is 9.90 Å². The zero-order valence-electron chi connectivity index (χ0n) is 19.9. The van der Waals surface area contributed by atoms with E-state index in [0.717, 1.165) is 24.8 Å². The molecule has 0 bridgehead atoms. The zero-order valence-corrected chi connectivity index (χ0v) is 20.6. The summed E-state index contributed by atoms with van der Waals surface area (Å²) in [6, 6.07) is 1.70. The van der Waals surface area contributed by atoms with Crippen LogP contribution in [0.4, 0.5) is 11.6 Å². The first-order valence-corrected chi connectivity index (χ1v) is 12.5. The molecule has 5 aromatic rings. The number of aliphatic hydroxyl groups excluding tert-OH is 1. The molecule has 5 aromatic heterocycles. The monoisotopic (exact) mass is 518 g/mol. The van der Waals surface area contributed by atoms with E-state index in [0.29, 0.717) is 57.2 Å². The first kappa shape index (κ1) is 22.3. The molecular formula is C25H23ClN8O3. The maximum Gasteiger partial charge on any atom is 0.274 e. The largest absolute Gasteiger partial charge is 0.450 e. The van der Waals surface area contributed by atoms with Crippen LogP contribution in [0.1, 0.15) is 43.2 Å². The van der Waals surface area contributed by atoms with E-state index in [4.69, 9.17) is 16.3 Å². The molecule has 11 nitrogen and oxygen atoms in total. The number of anilines is 2. The third-order valence-corrected chi connectivity index (χ3v) is 7.60. The fraction of sp³-hybridized carbons (Fsp3) is 0.320.